The minimum atomic E-state index is 0.520. The average molecular weight is 312 g/mol. The Labute approximate surface area is 135 Å². The van der Waals surface area contributed by atoms with E-state index in [9.17, 15) is 0 Å². The first-order valence-electron chi connectivity index (χ1n) is 7.13. The Morgan fingerprint density at radius 3 is 2.45 bits per heavy atom. The van der Waals surface area contributed by atoms with Crippen LogP contribution in [0.15, 0.2) is 47.5 Å². The van der Waals surface area contributed by atoms with Crippen LogP contribution >= 0.6 is 11.6 Å². The molecule has 0 saturated heterocycles. The van der Waals surface area contributed by atoms with Crippen molar-refractivity contribution in [1.29, 1.82) is 0 Å². The second-order valence-electron chi connectivity index (χ2n) is 5.37. The van der Waals surface area contributed by atoms with Crippen LogP contribution in [0.4, 0.5) is 0 Å². The number of aromatic nitrogens is 1. The molecule has 0 aliphatic carbocycles. The molecule has 4 heteroatoms. The first-order valence-corrected chi connectivity index (χ1v) is 7.51. The number of aryl methyl sites for hydroxylation is 2. The molecular formula is C18H18ClN3. The molecule has 3 nitrogen and oxygen atoms in total. The molecule has 0 fully saturated rings. The molecule has 2 N–H and O–H groups in total. The summed E-state index contributed by atoms with van der Waals surface area (Å²) in [6.45, 7) is 4.07. The van der Waals surface area contributed by atoms with Crippen molar-refractivity contribution >= 4 is 28.3 Å². The molecule has 22 heavy (non-hydrogen) atoms. The third-order valence-electron chi connectivity index (χ3n) is 4.00. The van der Waals surface area contributed by atoms with Gasteiger partial charge in [-0.05, 0) is 49.2 Å². The monoisotopic (exact) mass is 311 g/mol. The summed E-state index contributed by atoms with van der Waals surface area (Å²) in [4.78, 5) is 4.19. The van der Waals surface area contributed by atoms with Gasteiger partial charge in [0, 0.05) is 23.1 Å². The predicted molar refractivity (Wildman–Crippen MR) is 94.4 cm³/mol. The molecule has 0 saturated carbocycles. The molecule has 0 spiro atoms. The maximum atomic E-state index is 6.31. The van der Waals surface area contributed by atoms with Crippen LogP contribution < -0.4 is 5.73 Å². The molecule has 1 aromatic heterocycles. The van der Waals surface area contributed by atoms with Crippen LogP contribution in [0, 0.1) is 13.8 Å². The average Bonchev–Trinajstić information content (AvgIpc) is 2.80. The van der Waals surface area contributed by atoms with Crippen LogP contribution in [-0.2, 0) is 0 Å². The largest absolute Gasteiger partial charge is 0.382 e. The van der Waals surface area contributed by atoms with Gasteiger partial charge in [-0.1, -0.05) is 29.8 Å². The van der Waals surface area contributed by atoms with E-state index in [4.69, 9.17) is 17.3 Å². The van der Waals surface area contributed by atoms with E-state index >= 15 is 0 Å². The van der Waals surface area contributed by atoms with Crippen LogP contribution in [-0.4, -0.2) is 17.5 Å². The number of hydrogen-bond donors (Lipinski definition) is 1. The van der Waals surface area contributed by atoms with Gasteiger partial charge in [-0.2, -0.15) is 0 Å². The Morgan fingerprint density at radius 1 is 1.14 bits per heavy atom. The highest BCUT2D eigenvalue weighted by molar-refractivity contribution is 6.32. The lowest BCUT2D eigenvalue weighted by Gasteiger charge is -2.11. The molecular weight excluding hydrogens is 294 g/mol. The highest BCUT2D eigenvalue weighted by Crippen LogP contribution is 2.32. The normalized spacial score (nSPS) is 12.1. The van der Waals surface area contributed by atoms with Gasteiger partial charge in [0.1, 0.15) is 5.84 Å². The van der Waals surface area contributed by atoms with E-state index in [0.29, 0.717) is 5.84 Å². The molecule has 0 aliphatic rings. The number of nitrogens with two attached hydrogens (primary N) is 1. The number of nitrogens with zero attached hydrogens (tertiary/aromatic N) is 2. The lowest BCUT2D eigenvalue weighted by atomic mass is 10.1. The number of fused-ring (bicyclic) bond motifs is 1. The highest BCUT2D eigenvalue weighted by Gasteiger charge is 2.19. The molecule has 0 aliphatic heterocycles. The summed E-state index contributed by atoms with van der Waals surface area (Å²) in [6.07, 6.45) is 0. The zero-order valence-corrected chi connectivity index (χ0v) is 13.6. The predicted octanol–water partition coefficient (Wildman–Crippen LogP) is 4.24. The Balaban J connectivity index is 2.49. The van der Waals surface area contributed by atoms with Crippen molar-refractivity contribution in [1.82, 2.24) is 4.57 Å². The fourth-order valence-corrected chi connectivity index (χ4v) is 2.99. The molecule has 3 aromatic rings. The number of rotatable bonds is 2. The maximum absolute atomic E-state index is 6.31. The maximum Gasteiger partial charge on any atom is 0.143 e. The zero-order chi connectivity index (χ0) is 15.9. The van der Waals surface area contributed by atoms with E-state index in [1.54, 1.807) is 7.05 Å². The molecule has 0 bridgehead atoms. The molecule has 0 amide bonds. The first-order chi connectivity index (χ1) is 10.5. The summed E-state index contributed by atoms with van der Waals surface area (Å²) in [5, 5.41) is 1.86. The van der Waals surface area contributed by atoms with Crippen LogP contribution in [0.2, 0.25) is 5.02 Å². The van der Waals surface area contributed by atoms with E-state index in [1.165, 1.54) is 0 Å². The van der Waals surface area contributed by atoms with Gasteiger partial charge >= 0.3 is 0 Å². The smallest absolute Gasteiger partial charge is 0.143 e. The Bertz CT molecular complexity index is 876. The van der Waals surface area contributed by atoms with E-state index in [2.05, 4.69) is 34.7 Å². The van der Waals surface area contributed by atoms with Crippen LogP contribution in [0.3, 0.4) is 0 Å². The van der Waals surface area contributed by atoms with Crippen molar-refractivity contribution in [2.75, 3.05) is 7.05 Å². The second kappa shape index (κ2) is 5.50. The van der Waals surface area contributed by atoms with Crippen molar-refractivity contribution in [3.8, 4) is 5.69 Å². The van der Waals surface area contributed by atoms with Gasteiger partial charge in [0.2, 0.25) is 0 Å². The topological polar surface area (TPSA) is 43.3 Å². The standard InChI is InChI=1S/C18H18ClN3/c1-11-9-16-14(10-15(11)19)12(2)17(18(20)21-3)22(16)13-7-5-4-6-8-13/h4-10H,1-3H3,(H2,20,21). The molecule has 0 atom stereocenters. The van der Waals surface area contributed by atoms with Gasteiger partial charge in [0.05, 0.1) is 11.2 Å². The minimum Gasteiger partial charge on any atom is -0.382 e. The van der Waals surface area contributed by atoms with Crippen molar-refractivity contribution in [2.24, 2.45) is 10.7 Å². The number of para-hydroxylation sites is 1. The quantitative estimate of drug-likeness (QED) is 0.558. The number of aliphatic imine (C=N–C) groups is 1. The number of amidine groups is 1. The van der Waals surface area contributed by atoms with Crippen molar-refractivity contribution in [3.05, 3.63) is 64.3 Å². The summed E-state index contributed by atoms with van der Waals surface area (Å²) in [6, 6.07) is 14.3. The van der Waals surface area contributed by atoms with E-state index in [0.717, 1.165) is 38.4 Å². The van der Waals surface area contributed by atoms with E-state index in [1.807, 2.05) is 31.2 Å². The lowest BCUT2D eigenvalue weighted by Crippen LogP contribution is -2.18. The summed E-state index contributed by atoms with van der Waals surface area (Å²) in [5.74, 6) is 0.520. The van der Waals surface area contributed by atoms with Crippen molar-refractivity contribution < 1.29 is 0 Å². The number of hydrogen-bond acceptors (Lipinski definition) is 1. The summed E-state index contributed by atoms with van der Waals surface area (Å²) in [7, 11) is 1.71. The summed E-state index contributed by atoms with van der Waals surface area (Å²) < 4.78 is 2.15. The van der Waals surface area contributed by atoms with Crippen LogP contribution in [0.1, 0.15) is 16.8 Å². The molecule has 2 aromatic carbocycles. The summed E-state index contributed by atoms with van der Waals surface area (Å²) >= 11 is 6.31. The fraction of sp³-hybridized carbons (Fsp3) is 0.167. The lowest BCUT2D eigenvalue weighted by molar-refractivity contribution is 1.08. The van der Waals surface area contributed by atoms with Gasteiger partial charge in [-0.25, -0.2) is 0 Å². The second-order valence-corrected chi connectivity index (χ2v) is 5.78. The van der Waals surface area contributed by atoms with E-state index < -0.39 is 0 Å². The molecule has 112 valence electrons. The molecule has 0 radical (unpaired) electrons. The van der Waals surface area contributed by atoms with Gasteiger partial charge in [-0.15, -0.1) is 0 Å². The number of halogens is 1. The van der Waals surface area contributed by atoms with Gasteiger partial charge < -0.3 is 10.3 Å². The summed E-state index contributed by atoms with van der Waals surface area (Å²) in [5.41, 5.74) is 11.4. The van der Waals surface area contributed by atoms with Crippen LogP contribution in [0.25, 0.3) is 16.6 Å². The molecule has 1 heterocycles. The van der Waals surface area contributed by atoms with Crippen molar-refractivity contribution in [3.63, 3.8) is 0 Å². The minimum absolute atomic E-state index is 0.520. The van der Waals surface area contributed by atoms with Gasteiger partial charge in [0.25, 0.3) is 0 Å². The van der Waals surface area contributed by atoms with Gasteiger partial charge in [-0.3, -0.25) is 4.99 Å². The molecule has 3 rings (SSSR count). The number of benzene rings is 2. The van der Waals surface area contributed by atoms with Crippen LogP contribution in [0.5, 0.6) is 0 Å². The first kappa shape index (κ1) is 14.7. The zero-order valence-electron chi connectivity index (χ0n) is 12.9. The Kier molecular flexibility index (Phi) is 3.67. The van der Waals surface area contributed by atoms with E-state index in [-0.39, 0.29) is 0 Å². The Morgan fingerprint density at radius 2 is 1.82 bits per heavy atom. The third-order valence-corrected chi connectivity index (χ3v) is 4.41. The third kappa shape index (κ3) is 2.18. The Hall–Kier alpha value is -2.26. The fourth-order valence-electron chi connectivity index (χ4n) is 2.83. The van der Waals surface area contributed by atoms with Gasteiger partial charge in [0.15, 0.2) is 0 Å². The SMILES string of the molecule is C/N=C(\N)c1c(C)c2cc(Cl)c(C)cc2n1-c1ccccc1. The molecule has 0 unspecified atom stereocenters. The highest BCUT2D eigenvalue weighted by atomic mass is 35.5. The van der Waals surface area contributed by atoms with Crippen molar-refractivity contribution in [2.45, 2.75) is 13.8 Å².